The lowest BCUT2D eigenvalue weighted by Crippen LogP contribution is -2.52. The van der Waals surface area contributed by atoms with E-state index in [0.29, 0.717) is 5.56 Å². The summed E-state index contributed by atoms with van der Waals surface area (Å²) in [5.41, 5.74) is 5.11. The number of anilines is 1. The molecule has 5 rings (SSSR count). The molecule has 2 aliphatic heterocycles. The van der Waals surface area contributed by atoms with Crippen molar-refractivity contribution in [3.63, 3.8) is 0 Å². The summed E-state index contributed by atoms with van der Waals surface area (Å²) in [6, 6.07) is 26.4. The first-order valence-electron chi connectivity index (χ1n) is 9.87. The number of carbonyl (C=O) groups excluding carboxylic acids is 1. The number of oxime groups is 1. The maximum atomic E-state index is 13.4. The summed E-state index contributed by atoms with van der Waals surface area (Å²) >= 11 is 0. The molecule has 0 fully saturated rings. The second-order valence-electron chi connectivity index (χ2n) is 7.56. The van der Waals surface area contributed by atoms with Gasteiger partial charge in [-0.3, -0.25) is 9.69 Å². The van der Waals surface area contributed by atoms with Crippen molar-refractivity contribution < 1.29 is 9.63 Å². The normalized spacial score (nSPS) is 21.7. The van der Waals surface area contributed by atoms with E-state index in [9.17, 15) is 10.1 Å². The Kier molecular flexibility index (Phi) is 4.33. The van der Waals surface area contributed by atoms with Gasteiger partial charge in [0.2, 0.25) is 0 Å². The molecule has 2 aliphatic rings. The number of aryl methyl sites for hydroxylation is 1. The monoisotopic (exact) mass is 393 g/mol. The Balaban J connectivity index is 1.63. The van der Waals surface area contributed by atoms with Gasteiger partial charge in [-0.2, -0.15) is 5.26 Å². The van der Waals surface area contributed by atoms with Crippen molar-refractivity contribution >= 4 is 17.3 Å². The number of para-hydroxylation sites is 1. The third kappa shape index (κ3) is 2.77. The molecule has 0 saturated heterocycles. The van der Waals surface area contributed by atoms with Crippen LogP contribution in [0.1, 0.15) is 33.0 Å². The highest BCUT2D eigenvalue weighted by Gasteiger charge is 2.50. The van der Waals surface area contributed by atoms with E-state index >= 15 is 0 Å². The molecule has 0 saturated carbocycles. The Bertz CT molecular complexity index is 1180. The summed E-state index contributed by atoms with van der Waals surface area (Å²) in [7, 11) is 0. The SMILES string of the molecule is Cc1ccc(C2=NO[C@@H]3[C@@H](C#N)N(C(=O)c4ccccc4)c4ccccc4[C@H]23)cc1. The first kappa shape index (κ1) is 18.1. The number of nitriles is 1. The predicted molar refractivity (Wildman–Crippen MR) is 114 cm³/mol. The van der Waals surface area contributed by atoms with E-state index in [1.807, 2.05) is 73.7 Å². The summed E-state index contributed by atoms with van der Waals surface area (Å²) in [5.74, 6) is -0.436. The quantitative estimate of drug-likeness (QED) is 0.647. The van der Waals surface area contributed by atoms with Gasteiger partial charge in [-0.25, -0.2) is 0 Å². The van der Waals surface area contributed by atoms with Gasteiger partial charge in [0, 0.05) is 16.8 Å². The topological polar surface area (TPSA) is 65.7 Å². The first-order valence-corrected chi connectivity index (χ1v) is 9.87. The molecule has 30 heavy (non-hydrogen) atoms. The molecule has 0 aromatic heterocycles. The van der Waals surface area contributed by atoms with Crippen LogP contribution in [0.15, 0.2) is 84.0 Å². The molecule has 3 aromatic carbocycles. The molecule has 0 bridgehead atoms. The molecule has 2 heterocycles. The van der Waals surface area contributed by atoms with Crippen LogP contribution in [-0.2, 0) is 4.84 Å². The fraction of sp³-hybridized carbons (Fsp3) is 0.160. The van der Waals surface area contributed by atoms with Crippen LogP contribution in [0.3, 0.4) is 0 Å². The Labute approximate surface area is 174 Å². The molecule has 0 aliphatic carbocycles. The highest BCUT2D eigenvalue weighted by Crippen LogP contribution is 2.45. The molecule has 0 spiro atoms. The van der Waals surface area contributed by atoms with Gasteiger partial charge in [0.15, 0.2) is 12.1 Å². The number of hydrogen-bond acceptors (Lipinski definition) is 4. The van der Waals surface area contributed by atoms with Crippen LogP contribution in [0, 0.1) is 18.3 Å². The zero-order valence-corrected chi connectivity index (χ0v) is 16.4. The van der Waals surface area contributed by atoms with E-state index in [2.05, 4.69) is 11.2 Å². The fourth-order valence-electron chi connectivity index (χ4n) is 4.27. The van der Waals surface area contributed by atoms with Crippen LogP contribution in [0.25, 0.3) is 0 Å². The van der Waals surface area contributed by atoms with Crippen molar-refractivity contribution in [3.05, 3.63) is 101 Å². The molecule has 146 valence electrons. The lowest BCUT2D eigenvalue weighted by molar-refractivity contribution is 0.0596. The molecule has 0 N–H and O–H groups in total. The van der Waals surface area contributed by atoms with E-state index < -0.39 is 12.1 Å². The second kappa shape index (κ2) is 7.16. The zero-order chi connectivity index (χ0) is 20.7. The number of amides is 1. The van der Waals surface area contributed by atoms with Crippen LogP contribution in [0.2, 0.25) is 0 Å². The Morgan fingerprint density at radius 1 is 1.00 bits per heavy atom. The van der Waals surface area contributed by atoms with E-state index in [1.165, 1.54) is 0 Å². The average Bonchev–Trinajstić information content (AvgIpc) is 3.24. The molecule has 1 amide bonds. The molecule has 0 unspecified atom stereocenters. The molecule has 3 aromatic rings. The highest BCUT2D eigenvalue weighted by molar-refractivity contribution is 6.12. The van der Waals surface area contributed by atoms with Crippen LogP contribution in [0.5, 0.6) is 0 Å². The third-order valence-corrected chi connectivity index (χ3v) is 5.74. The van der Waals surface area contributed by atoms with Gasteiger partial charge in [-0.15, -0.1) is 0 Å². The van der Waals surface area contributed by atoms with Crippen molar-refractivity contribution in [1.29, 1.82) is 5.26 Å². The minimum atomic E-state index is -0.788. The van der Waals surface area contributed by atoms with Crippen LogP contribution in [0.4, 0.5) is 5.69 Å². The number of rotatable bonds is 2. The summed E-state index contributed by atoms with van der Waals surface area (Å²) in [4.78, 5) is 20.7. The predicted octanol–water partition coefficient (Wildman–Crippen LogP) is 4.43. The van der Waals surface area contributed by atoms with Gasteiger partial charge in [0.1, 0.15) is 0 Å². The second-order valence-corrected chi connectivity index (χ2v) is 7.56. The van der Waals surface area contributed by atoms with E-state index in [-0.39, 0.29) is 11.8 Å². The fourth-order valence-corrected chi connectivity index (χ4v) is 4.27. The van der Waals surface area contributed by atoms with Crippen molar-refractivity contribution in [2.75, 3.05) is 4.90 Å². The molecular weight excluding hydrogens is 374 g/mol. The van der Waals surface area contributed by atoms with Crippen molar-refractivity contribution in [2.45, 2.75) is 25.0 Å². The first-order chi connectivity index (χ1) is 14.7. The summed E-state index contributed by atoms with van der Waals surface area (Å²) in [5, 5.41) is 14.4. The van der Waals surface area contributed by atoms with Gasteiger partial charge < -0.3 is 4.84 Å². The molecular formula is C25H19N3O2. The van der Waals surface area contributed by atoms with Crippen LogP contribution < -0.4 is 4.90 Å². The number of carbonyl (C=O) groups is 1. The zero-order valence-electron chi connectivity index (χ0n) is 16.4. The summed E-state index contributed by atoms with van der Waals surface area (Å²) in [6.07, 6.45) is -0.561. The van der Waals surface area contributed by atoms with Crippen LogP contribution in [-0.4, -0.2) is 23.8 Å². The molecule has 3 atom stereocenters. The van der Waals surface area contributed by atoms with Gasteiger partial charge in [0.05, 0.1) is 17.7 Å². The minimum Gasteiger partial charge on any atom is -0.388 e. The van der Waals surface area contributed by atoms with Gasteiger partial charge in [-0.1, -0.05) is 71.4 Å². The third-order valence-electron chi connectivity index (χ3n) is 5.74. The van der Waals surface area contributed by atoms with E-state index in [4.69, 9.17) is 4.84 Å². The molecule has 5 heteroatoms. The maximum absolute atomic E-state index is 13.4. The number of fused-ring (bicyclic) bond motifs is 3. The lowest BCUT2D eigenvalue weighted by Gasteiger charge is -2.39. The highest BCUT2D eigenvalue weighted by atomic mass is 16.6. The Morgan fingerprint density at radius 3 is 2.43 bits per heavy atom. The molecule has 5 nitrogen and oxygen atoms in total. The van der Waals surface area contributed by atoms with Gasteiger partial charge in [0.25, 0.3) is 5.91 Å². The lowest BCUT2D eigenvalue weighted by atomic mass is 9.78. The van der Waals surface area contributed by atoms with Crippen molar-refractivity contribution in [2.24, 2.45) is 5.16 Å². The van der Waals surface area contributed by atoms with Crippen molar-refractivity contribution in [3.8, 4) is 6.07 Å². The number of benzene rings is 3. The average molecular weight is 393 g/mol. The van der Waals surface area contributed by atoms with Gasteiger partial charge >= 0.3 is 0 Å². The molecule has 0 radical (unpaired) electrons. The van der Waals surface area contributed by atoms with Crippen LogP contribution >= 0.6 is 0 Å². The standard InChI is InChI=1S/C25H19N3O2/c1-16-11-13-17(14-12-16)23-22-19-9-5-6-10-20(19)28(21(15-26)24(22)30-27-23)25(29)18-7-3-2-4-8-18/h2-14,21-22,24H,1H3/t21-,22-,24-/m1/s1. The van der Waals surface area contributed by atoms with Crippen molar-refractivity contribution in [1.82, 2.24) is 0 Å². The largest absolute Gasteiger partial charge is 0.388 e. The maximum Gasteiger partial charge on any atom is 0.259 e. The number of hydrogen-bond donors (Lipinski definition) is 0. The van der Waals surface area contributed by atoms with E-state index in [0.717, 1.165) is 28.1 Å². The minimum absolute atomic E-state index is 0.214. The Morgan fingerprint density at radius 2 is 1.70 bits per heavy atom. The summed E-state index contributed by atoms with van der Waals surface area (Å²) in [6.45, 7) is 2.04. The number of nitrogens with zero attached hydrogens (tertiary/aromatic N) is 3. The van der Waals surface area contributed by atoms with E-state index in [1.54, 1.807) is 17.0 Å². The summed E-state index contributed by atoms with van der Waals surface area (Å²) < 4.78 is 0. The Hall–Kier alpha value is -3.91. The smallest absolute Gasteiger partial charge is 0.259 e. The van der Waals surface area contributed by atoms with Gasteiger partial charge in [-0.05, 0) is 30.7 Å².